The third-order valence-corrected chi connectivity index (χ3v) is 4.03. The van der Waals surface area contributed by atoms with Gasteiger partial charge in [0.05, 0.1) is 15.6 Å². The van der Waals surface area contributed by atoms with Gasteiger partial charge in [0, 0.05) is 24.5 Å². The molecule has 5 nitrogen and oxygen atoms in total. The maximum Gasteiger partial charge on any atom is 0.189 e. The Bertz CT molecular complexity index is 812. The number of nitrogens with one attached hydrogen (secondary N) is 1. The minimum atomic E-state index is -0.295. The van der Waals surface area contributed by atoms with Crippen molar-refractivity contribution in [2.75, 3.05) is 6.54 Å². The van der Waals surface area contributed by atoms with Crippen LogP contribution in [0.2, 0.25) is 10.0 Å². The van der Waals surface area contributed by atoms with Crippen LogP contribution in [-0.4, -0.2) is 28.7 Å². The molecule has 0 aliphatic rings. The first kappa shape index (κ1) is 19.0. The van der Waals surface area contributed by atoms with Crippen molar-refractivity contribution in [1.29, 1.82) is 0 Å². The van der Waals surface area contributed by atoms with Crippen molar-refractivity contribution >= 4 is 35.3 Å². The van der Waals surface area contributed by atoms with Crippen LogP contribution >= 0.6 is 23.2 Å². The van der Waals surface area contributed by atoms with E-state index in [-0.39, 0.29) is 32.8 Å². The molecule has 7 heteroatoms. The standard InChI is InChI=1S/C18H16Cl2N2O3/c1-11(7-17(24)13-3-2-5-22-16(13)10-23)21-6-4-12-8-14(19)18(25)15(20)9-12/h2-3,5,7-10,21,25H,4,6H2,1H3/b11-7+. The van der Waals surface area contributed by atoms with Crippen LogP contribution in [0.1, 0.15) is 33.3 Å². The summed E-state index contributed by atoms with van der Waals surface area (Å²) in [4.78, 5) is 27.0. The molecule has 0 saturated carbocycles. The second kappa shape index (κ2) is 8.65. The minimum Gasteiger partial charge on any atom is -0.505 e. The summed E-state index contributed by atoms with van der Waals surface area (Å²) in [7, 11) is 0. The number of phenolic OH excluding ortho intramolecular Hbond substituents is 1. The lowest BCUT2D eigenvalue weighted by Gasteiger charge is -2.09. The van der Waals surface area contributed by atoms with E-state index >= 15 is 0 Å². The van der Waals surface area contributed by atoms with Crippen LogP contribution < -0.4 is 5.32 Å². The van der Waals surface area contributed by atoms with E-state index < -0.39 is 0 Å². The first-order chi connectivity index (χ1) is 11.9. The first-order valence-electron chi connectivity index (χ1n) is 7.46. The molecule has 2 aromatic rings. The number of aromatic nitrogens is 1. The second-order valence-corrected chi connectivity index (χ2v) is 6.14. The minimum absolute atomic E-state index is 0.116. The number of nitrogens with zero attached hydrogens (tertiary/aromatic N) is 1. The monoisotopic (exact) mass is 378 g/mol. The summed E-state index contributed by atoms with van der Waals surface area (Å²) < 4.78 is 0. The van der Waals surface area contributed by atoms with Crippen molar-refractivity contribution in [3.8, 4) is 5.75 Å². The van der Waals surface area contributed by atoms with Crippen molar-refractivity contribution in [1.82, 2.24) is 10.3 Å². The number of aldehydes is 1. The highest BCUT2D eigenvalue weighted by Gasteiger charge is 2.10. The van der Waals surface area contributed by atoms with Gasteiger partial charge in [-0.05, 0) is 43.2 Å². The van der Waals surface area contributed by atoms with Crippen molar-refractivity contribution in [3.05, 3.63) is 69.1 Å². The Balaban J connectivity index is 1.98. The predicted octanol–water partition coefficient (Wildman–Crippen LogP) is 3.83. The third kappa shape index (κ3) is 5.05. The van der Waals surface area contributed by atoms with Crippen LogP contribution in [0.3, 0.4) is 0 Å². The molecular weight excluding hydrogens is 363 g/mol. The van der Waals surface area contributed by atoms with Crippen LogP contribution in [-0.2, 0) is 6.42 Å². The molecule has 0 bridgehead atoms. The number of carbonyl (C=O) groups is 2. The molecule has 0 atom stereocenters. The zero-order valence-electron chi connectivity index (χ0n) is 13.4. The number of allylic oxidation sites excluding steroid dienone is 2. The lowest BCUT2D eigenvalue weighted by molar-refractivity contribution is 0.103. The van der Waals surface area contributed by atoms with Gasteiger partial charge < -0.3 is 10.4 Å². The number of rotatable bonds is 7. The van der Waals surface area contributed by atoms with Gasteiger partial charge in [-0.2, -0.15) is 0 Å². The average Bonchev–Trinajstić information content (AvgIpc) is 2.59. The highest BCUT2D eigenvalue weighted by atomic mass is 35.5. The van der Waals surface area contributed by atoms with Crippen molar-refractivity contribution in [2.24, 2.45) is 0 Å². The Morgan fingerprint density at radius 1 is 1.32 bits per heavy atom. The van der Waals surface area contributed by atoms with Gasteiger partial charge >= 0.3 is 0 Å². The SMILES string of the molecule is C/C(=C\C(=O)c1cccnc1C=O)NCCc1cc(Cl)c(O)c(Cl)c1. The molecule has 2 rings (SSSR count). The number of aromatic hydroxyl groups is 1. The van der Waals surface area contributed by atoms with Crippen LogP contribution in [0.4, 0.5) is 0 Å². The first-order valence-corrected chi connectivity index (χ1v) is 8.21. The maximum absolute atomic E-state index is 12.2. The number of hydrogen-bond acceptors (Lipinski definition) is 5. The summed E-state index contributed by atoms with van der Waals surface area (Å²) in [6.45, 7) is 2.30. The molecule has 130 valence electrons. The Morgan fingerprint density at radius 3 is 2.64 bits per heavy atom. The number of carbonyl (C=O) groups excluding carboxylic acids is 2. The van der Waals surface area contributed by atoms with Crippen LogP contribution in [0.5, 0.6) is 5.75 Å². The molecule has 2 N–H and O–H groups in total. The maximum atomic E-state index is 12.2. The smallest absolute Gasteiger partial charge is 0.189 e. The van der Waals surface area contributed by atoms with E-state index in [1.165, 1.54) is 12.3 Å². The Labute approximate surface area is 155 Å². The Kier molecular flexibility index (Phi) is 6.56. The van der Waals surface area contributed by atoms with Crippen LogP contribution in [0.15, 0.2) is 42.2 Å². The van der Waals surface area contributed by atoms with E-state index in [2.05, 4.69) is 10.3 Å². The summed E-state index contributed by atoms with van der Waals surface area (Å²) >= 11 is 11.8. The zero-order chi connectivity index (χ0) is 18.4. The highest BCUT2D eigenvalue weighted by Crippen LogP contribution is 2.32. The number of pyridine rings is 1. The third-order valence-electron chi connectivity index (χ3n) is 3.46. The second-order valence-electron chi connectivity index (χ2n) is 5.33. The quantitative estimate of drug-likeness (QED) is 0.434. The molecule has 1 heterocycles. The number of hydrogen-bond donors (Lipinski definition) is 2. The van der Waals surface area contributed by atoms with E-state index in [4.69, 9.17) is 23.2 Å². The lowest BCUT2D eigenvalue weighted by atomic mass is 10.1. The van der Waals surface area contributed by atoms with Gasteiger partial charge in [-0.3, -0.25) is 14.6 Å². The van der Waals surface area contributed by atoms with E-state index in [1.54, 1.807) is 31.2 Å². The number of phenols is 1. The molecule has 0 saturated heterocycles. The molecule has 0 radical (unpaired) electrons. The lowest BCUT2D eigenvalue weighted by Crippen LogP contribution is -2.16. The van der Waals surface area contributed by atoms with Gasteiger partial charge in [0.15, 0.2) is 17.8 Å². The predicted molar refractivity (Wildman–Crippen MR) is 97.5 cm³/mol. The average molecular weight is 379 g/mol. The van der Waals surface area contributed by atoms with Crippen molar-refractivity contribution in [2.45, 2.75) is 13.3 Å². The van der Waals surface area contributed by atoms with E-state index in [1.807, 2.05) is 0 Å². The normalized spacial score (nSPS) is 11.2. The highest BCUT2D eigenvalue weighted by molar-refractivity contribution is 6.37. The summed E-state index contributed by atoms with van der Waals surface area (Å²) in [5.74, 6) is -0.430. The molecule has 25 heavy (non-hydrogen) atoms. The van der Waals surface area contributed by atoms with Crippen LogP contribution in [0, 0.1) is 0 Å². The molecule has 0 spiro atoms. The molecule has 0 aliphatic carbocycles. The van der Waals surface area contributed by atoms with Gasteiger partial charge in [-0.25, -0.2) is 0 Å². The van der Waals surface area contributed by atoms with Gasteiger partial charge in [-0.1, -0.05) is 23.2 Å². The summed E-state index contributed by atoms with van der Waals surface area (Å²) in [6, 6.07) is 6.44. The fourth-order valence-corrected chi connectivity index (χ4v) is 2.74. The molecule has 0 unspecified atom stereocenters. The summed E-state index contributed by atoms with van der Waals surface area (Å²) in [6.07, 6.45) is 4.04. The summed E-state index contributed by atoms with van der Waals surface area (Å²) in [5, 5.41) is 13.0. The number of halogens is 2. The Morgan fingerprint density at radius 2 is 2.00 bits per heavy atom. The molecule has 0 fully saturated rings. The van der Waals surface area contributed by atoms with E-state index in [0.29, 0.717) is 24.9 Å². The van der Waals surface area contributed by atoms with Crippen molar-refractivity contribution < 1.29 is 14.7 Å². The molecule has 0 amide bonds. The van der Waals surface area contributed by atoms with E-state index in [0.717, 1.165) is 5.56 Å². The van der Waals surface area contributed by atoms with Gasteiger partial charge in [0.25, 0.3) is 0 Å². The fourth-order valence-electron chi connectivity index (χ4n) is 2.21. The molecule has 1 aromatic carbocycles. The van der Waals surface area contributed by atoms with Gasteiger partial charge in [0.1, 0.15) is 5.69 Å². The van der Waals surface area contributed by atoms with Gasteiger partial charge in [0.2, 0.25) is 0 Å². The fraction of sp³-hybridized carbons (Fsp3) is 0.167. The Hall–Kier alpha value is -2.37. The van der Waals surface area contributed by atoms with Crippen LogP contribution in [0.25, 0.3) is 0 Å². The van der Waals surface area contributed by atoms with Crippen molar-refractivity contribution in [3.63, 3.8) is 0 Å². The number of benzene rings is 1. The molecule has 0 aliphatic heterocycles. The molecule has 1 aromatic heterocycles. The summed E-state index contributed by atoms with van der Waals surface area (Å²) in [5.41, 5.74) is 1.89. The molecular formula is C18H16Cl2N2O3. The number of ketones is 1. The largest absolute Gasteiger partial charge is 0.505 e. The topological polar surface area (TPSA) is 79.3 Å². The van der Waals surface area contributed by atoms with Gasteiger partial charge in [-0.15, -0.1) is 0 Å². The zero-order valence-corrected chi connectivity index (χ0v) is 14.9. The van der Waals surface area contributed by atoms with E-state index in [9.17, 15) is 14.7 Å².